The van der Waals surface area contributed by atoms with Crippen LogP contribution in [0.3, 0.4) is 0 Å². The highest BCUT2D eigenvalue weighted by atomic mass is 32.2. The molecule has 1 heterocycles. The molecule has 4 nitrogen and oxygen atoms in total. The maximum atomic E-state index is 10.7. The topological polar surface area (TPSA) is 71.4 Å². The fourth-order valence-corrected chi connectivity index (χ4v) is 2.39. The second-order valence-corrected chi connectivity index (χ2v) is 4.45. The van der Waals surface area contributed by atoms with Gasteiger partial charge in [-0.15, -0.1) is 0 Å². The van der Waals surface area contributed by atoms with Crippen molar-refractivity contribution in [3.05, 3.63) is 11.5 Å². The van der Waals surface area contributed by atoms with Crippen molar-refractivity contribution in [2.75, 3.05) is 5.75 Å². The lowest BCUT2D eigenvalue weighted by molar-refractivity contribution is -0.137. The third-order valence-corrected chi connectivity index (χ3v) is 2.91. The SMILES string of the molecule is O=C(O)CC1C=CS(=O)(=O)C1. The number of allylic oxidation sites excluding steroid dienone is 1. The summed E-state index contributed by atoms with van der Waals surface area (Å²) in [5.74, 6) is -1.35. The number of carboxylic acid groups (broad SMARTS) is 1. The standard InChI is InChI=1S/C6H8O4S/c7-6(8)3-5-1-2-11(9,10)4-5/h1-2,5H,3-4H2,(H,7,8). The summed E-state index contributed by atoms with van der Waals surface area (Å²) in [6, 6.07) is 0. The van der Waals surface area contributed by atoms with Crippen LogP contribution in [0.1, 0.15) is 6.42 Å². The van der Waals surface area contributed by atoms with Crippen molar-refractivity contribution >= 4 is 15.8 Å². The summed E-state index contributed by atoms with van der Waals surface area (Å²) in [4.78, 5) is 10.1. The zero-order valence-corrected chi connectivity index (χ0v) is 6.54. The van der Waals surface area contributed by atoms with Crippen molar-refractivity contribution in [3.63, 3.8) is 0 Å². The van der Waals surface area contributed by atoms with Crippen LogP contribution in [-0.2, 0) is 14.6 Å². The number of hydrogen-bond donors (Lipinski definition) is 1. The number of sulfone groups is 1. The van der Waals surface area contributed by atoms with E-state index >= 15 is 0 Å². The molecule has 1 N–H and O–H groups in total. The lowest BCUT2D eigenvalue weighted by Gasteiger charge is -1.99. The Morgan fingerprint density at radius 1 is 1.64 bits per heavy atom. The number of carbonyl (C=O) groups is 1. The summed E-state index contributed by atoms with van der Waals surface area (Å²) in [5.41, 5.74) is 0. The van der Waals surface area contributed by atoms with Gasteiger partial charge in [0, 0.05) is 11.3 Å². The largest absolute Gasteiger partial charge is 0.481 e. The number of aliphatic carboxylic acids is 1. The van der Waals surface area contributed by atoms with Gasteiger partial charge in [-0.05, 0) is 0 Å². The van der Waals surface area contributed by atoms with Crippen molar-refractivity contribution in [1.29, 1.82) is 0 Å². The predicted octanol–water partition coefficient (Wildman–Crippen LogP) is 0.0194. The summed E-state index contributed by atoms with van der Waals surface area (Å²) < 4.78 is 21.5. The van der Waals surface area contributed by atoms with Crippen LogP contribution in [-0.4, -0.2) is 25.2 Å². The molecule has 1 atom stereocenters. The first-order valence-corrected chi connectivity index (χ1v) is 4.84. The van der Waals surface area contributed by atoms with Crippen molar-refractivity contribution in [1.82, 2.24) is 0 Å². The Bertz CT molecular complexity index is 288. The minimum Gasteiger partial charge on any atom is -0.481 e. The highest BCUT2D eigenvalue weighted by Crippen LogP contribution is 2.17. The molecule has 0 aliphatic carbocycles. The van der Waals surface area contributed by atoms with Gasteiger partial charge in [0.05, 0.1) is 12.2 Å². The molecular formula is C6H8O4S. The second kappa shape index (κ2) is 2.65. The van der Waals surface area contributed by atoms with Gasteiger partial charge in [-0.2, -0.15) is 0 Å². The van der Waals surface area contributed by atoms with E-state index in [1.807, 2.05) is 0 Å². The van der Waals surface area contributed by atoms with Crippen LogP contribution in [0.5, 0.6) is 0 Å². The van der Waals surface area contributed by atoms with Gasteiger partial charge in [0.15, 0.2) is 9.84 Å². The lowest BCUT2D eigenvalue weighted by Crippen LogP contribution is -2.10. The molecule has 1 aliphatic rings. The van der Waals surface area contributed by atoms with E-state index in [1.165, 1.54) is 6.08 Å². The Morgan fingerprint density at radius 3 is 2.64 bits per heavy atom. The highest BCUT2D eigenvalue weighted by Gasteiger charge is 2.23. The lowest BCUT2D eigenvalue weighted by atomic mass is 10.1. The van der Waals surface area contributed by atoms with Crippen LogP contribution in [0.2, 0.25) is 0 Å². The van der Waals surface area contributed by atoms with E-state index in [1.54, 1.807) is 0 Å². The van der Waals surface area contributed by atoms with Crippen molar-refractivity contribution in [2.24, 2.45) is 5.92 Å². The monoisotopic (exact) mass is 176 g/mol. The minimum atomic E-state index is -3.08. The molecule has 0 saturated heterocycles. The predicted molar refractivity (Wildman–Crippen MR) is 38.7 cm³/mol. The summed E-state index contributed by atoms with van der Waals surface area (Å²) in [5, 5.41) is 9.40. The Morgan fingerprint density at radius 2 is 2.27 bits per heavy atom. The van der Waals surface area contributed by atoms with Crippen LogP contribution in [0.4, 0.5) is 0 Å². The van der Waals surface area contributed by atoms with Gasteiger partial charge in [0.1, 0.15) is 0 Å². The molecule has 1 rings (SSSR count). The van der Waals surface area contributed by atoms with Crippen molar-refractivity contribution < 1.29 is 18.3 Å². The second-order valence-electron chi connectivity index (χ2n) is 2.52. The molecule has 0 spiro atoms. The molecule has 1 aliphatic heterocycles. The quantitative estimate of drug-likeness (QED) is 0.643. The summed E-state index contributed by atoms with van der Waals surface area (Å²) in [7, 11) is -3.08. The van der Waals surface area contributed by atoms with Crippen LogP contribution < -0.4 is 0 Å². The van der Waals surface area contributed by atoms with Gasteiger partial charge in [0.25, 0.3) is 0 Å². The van der Waals surface area contributed by atoms with Gasteiger partial charge in [0.2, 0.25) is 0 Å². The maximum Gasteiger partial charge on any atom is 0.303 e. The van der Waals surface area contributed by atoms with Crippen LogP contribution in [0.15, 0.2) is 11.5 Å². The fraction of sp³-hybridized carbons (Fsp3) is 0.500. The summed E-state index contributed by atoms with van der Waals surface area (Å²) in [6.45, 7) is 0. The molecule has 0 aromatic rings. The minimum absolute atomic E-state index is 0.0562. The molecule has 0 fully saturated rings. The van der Waals surface area contributed by atoms with Crippen LogP contribution >= 0.6 is 0 Å². The molecular weight excluding hydrogens is 168 g/mol. The molecule has 1 unspecified atom stereocenters. The Kier molecular flexibility index (Phi) is 1.99. The first kappa shape index (κ1) is 8.26. The van der Waals surface area contributed by atoms with E-state index in [4.69, 9.17) is 5.11 Å². The van der Waals surface area contributed by atoms with E-state index in [9.17, 15) is 13.2 Å². The first-order chi connectivity index (χ1) is 4.99. The fourth-order valence-electron chi connectivity index (χ4n) is 0.992. The van der Waals surface area contributed by atoms with E-state index < -0.39 is 15.8 Å². The third-order valence-electron chi connectivity index (χ3n) is 1.44. The molecule has 5 heteroatoms. The Labute approximate surface area is 64.4 Å². The maximum absolute atomic E-state index is 10.7. The summed E-state index contributed by atoms with van der Waals surface area (Å²) in [6.07, 6.45) is 1.33. The van der Waals surface area contributed by atoms with E-state index in [0.717, 1.165) is 5.41 Å². The third kappa shape index (κ3) is 2.34. The first-order valence-electron chi connectivity index (χ1n) is 3.12. The molecule has 0 radical (unpaired) electrons. The van der Waals surface area contributed by atoms with Gasteiger partial charge in [-0.25, -0.2) is 8.42 Å². The molecule has 11 heavy (non-hydrogen) atoms. The number of hydrogen-bond acceptors (Lipinski definition) is 3. The zero-order chi connectivity index (χ0) is 8.48. The molecule has 62 valence electrons. The van der Waals surface area contributed by atoms with Gasteiger partial charge >= 0.3 is 5.97 Å². The van der Waals surface area contributed by atoms with E-state index in [-0.39, 0.29) is 18.1 Å². The number of rotatable bonds is 2. The Hall–Kier alpha value is -0.840. The Balaban J connectivity index is 2.58. The molecule has 0 saturated carbocycles. The summed E-state index contributed by atoms with van der Waals surface area (Å²) >= 11 is 0. The average Bonchev–Trinajstić information content (AvgIpc) is 2.08. The molecule has 0 aromatic heterocycles. The highest BCUT2D eigenvalue weighted by molar-refractivity contribution is 7.94. The zero-order valence-electron chi connectivity index (χ0n) is 5.73. The number of carboxylic acids is 1. The molecule has 0 aromatic carbocycles. The van der Waals surface area contributed by atoms with Crippen LogP contribution in [0.25, 0.3) is 0 Å². The van der Waals surface area contributed by atoms with Gasteiger partial charge in [-0.1, -0.05) is 6.08 Å². The van der Waals surface area contributed by atoms with Crippen LogP contribution in [0, 0.1) is 5.92 Å². The normalized spacial score (nSPS) is 27.1. The molecule has 0 bridgehead atoms. The molecule has 0 amide bonds. The van der Waals surface area contributed by atoms with E-state index in [0.29, 0.717) is 0 Å². The van der Waals surface area contributed by atoms with Gasteiger partial charge < -0.3 is 5.11 Å². The van der Waals surface area contributed by atoms with E-state index in [2.05, 4.69) is 0 Å². The average molecular weight is 176 g/mol. The van der Waals surface area contributed by atoms with Gasteiger partial charge in [-0.3, -0.25) is 4.79 Å². The smallest absolute Gasteiger partial charge is 0.303 e. The van der Waals surface area contributed by atoms with Crippen molar-refractivity contribution in [3.8, 4) is 0 Å². The van der Waals surface area contributed by atoms with Crippen molar-refractivity contribution in [2.45, 2.75) is 6.42 Å².